The van der Waals surface area contributed by atoms with E-state index in [2.05, 4.69) is 47.6 Å². The maximum atomic E-state index is 13.7. The molecule has 3 heterocycles. The van der Waals surface area contributed by atoms with Crippen molar-refractivity contribution in [2.24, 2.45) is 50.2 Å². The number of aliphatic hydroxyl groups excluding tert-OH is 9. The Morgan fingerprint density at radius 1 is 0.723 bits per heavy atom. The maximum Gasteiger partial charge on any atom is 0.312 e. The number of esters is 1. The molecule has 8 rings (SSSR count). The van der Waals surface area contributed by atoms with Crippen molar-refractivity contribution in [2.45, 2.75) is 205 Å². The molecule has 3 aliphatic heterocycles. The zero-order valence-corrected chi connectivity index (χ0v) is 39.5. The number of aliphatic hydroxyl groups is 9. The normalized spacial score (nSPS) is 54.3. The summed E-state index contributed by atoms with van der Waals surface area (Å²) >= 11 is 0. The lowest BCUT2D eigenvalue weighted by Crippen LogP contribution is -2.67. The molecule has 0 radical (unpaired) electrons. The summed E-state index contributed by atoms with van der Waals surface area (Å²) in [5, 5.41) is 96.9. The van der Waals surface area contributed by atoms with Gasteiger partial charge in [-0.15, -0.1) is 0 Å². The van der Waals surface area contributed by atoms with Crippen LogP contribution in [0.1, 0.15) is 113 Å². The Labute approximate surface area is 382 Å². The first-order chi connectivity index (χ1) is 30.5. The second kappa shape index (κ2) is 17.8. The van der Waals surface area contributed by atoms with E-state index in [0.29, 0.717) is 6.42 Å². The third-order valence-corrected chi connectivity index (χ3v) is 19.3. The van der Waals surface area contributed by atoms with Crippen LogP contribution in [-0.2, 0) is 38.0 Å². The van der Waals surface area contributed by atoms with Crippen LogP contribution in [0.5, 0.6) is 0 Å². The van der Waals surface area contributed by atoms with Gasteiger partial charge in [0.15, 0.2) is 18.9 Å². The summed E-state index contributed by atoms with van der Waals surface area (Å²) < 4.78 is 42.2. The Balaban J connectivity index is 1.06. The standard InChI is InChI=1S/C48H78O17/c1-23-31(51)34(54)36(56)39(61-23)65-38-33(53)27(63-40-37(57)35(55)32(52)26(20-49)62-40)21-60-41(38)64-30-12-13-44(4)28(45(30,5)22-50)11-14-47(7)29(44)10-9-24-25-19-43(2,3)15-17-48(25,42(58)59-8)18-16-46(24,47)6/h9,23,25-41,49-57H,10-22H2,1-8H3/t23-,25?,26+,27-,28?,29?,30?,31-,32+,33-,34+,35-,36+,37+,38+,39+,40-,41-,44-,45-,46+,47+,48-/m0/s1. The van der Waals surface area contributed by atoms with Crippen LogP contribution in [0, 0.1) is 50.2 Å². The van der Waals surface area contributed by atoms with Crippen LogP contribution in [0.4, 0.5) is 0 Å². The van der Waals surface area contributed by atoms with Crippen molar-refractivity contribution in [1.29, 1.82) is 0 Å². The van der Waals surface area contributed by atoms with Gasteiger partial charge < -0.3 is 79.1 Å². The molecule has 23 atom stereocenters. The number of rotatable bonds is 9. The molecule has 7 fully saturated rings. The van der Waals surface area contributed by atoms with Gasteiger partial charge in [0.1, 0.15) is 61.0 Å². The Bertz CT molecular complexity index is 1760. The molecule has 9 N–H and O–H groups in total. The highest BCUT2D eigenvalue weighted by atomic mass is 16.8. The van der Waals surface area contributed by atoms with Gasteiger partial charge in [-0.3, -0.25) is 4.79 Å². The molecule has 0 bridgehead atoms. The molecule has 4 saturated carbocycles. The van der Waals surface area contributed by atoms with Gasteiger partial charge >= 0.3 is 5.97 Å². The minimum absolute atomic E-state index is 0.0119. The zero-order chi connectivity index (χ0) is 47.4. The van der Waals surface area contributed by atoms with Gasteiger partial charge in [0.25, 0.3) is 0 Å². The quantitative estimate of drug-likeness (QED) is 0.0900. The SMILES string of the molecule is COC(=O)[C@]12CCC(C)(C)CC1C1=CCC3[C@@]4(C)CCC(O[C@@H]5OC[C@H](O[C@@H]6O[C@H](CO)[C@@H](O)[C@H](O)[C@H]6O)[C@H](O)[C@H]5O[C@H]5O[C@@H](C)[C@H](O)[C@@H](O)[C@H]5O)[C@@](C)(CO)C4CC[C@@]3(C)[C@]1(C)CC2. The third kappa shape index (κ3) is 7.81. The summed E-state index contributed by atoms with van der Waals surface area (Å²) in [4.78, 5) is 13.7. The molecule has 5 aliphatic carbocycles. The van der Waals surface area contributed by atoms with E-state index in [0.717, 1.165) is 57.8 Å². The summed E-state index contributed by atoms with van der Waals surface area (Å²) in [6, 6.07) is 0. The fourth-order valence-electron chi connectivity index (χ4n) is 15.0. The van der Waals surface area contributed by atoms with Crippen LogP contribution in [0.25, 0.3) is 0 Å². The predicted octanol–water partition coefficient (Wildman–Crippen LogP) is 1.43. The Morgan fingerprint density at radius 2 is 1.38 bits per heavy atom. The molecule has 0 aromatic carbocycles. The summed E-state index contributed by atoms with van der Waals surface area (Å²) in [6.07, 6.45) is -10.9. The fourth-order valence-corrected chi connectivity index (χ4v) is 15.0. The molecular formula is C48H78O17. The van der Waals surface area contributed by atoms with Gasteiger partial charge in [-0.2, -0.15) is 0 Å². The molecule has 3 saturated heterocycles. The summed E-state index contributed by atoms with van der Waals surface area (Å²) in [5.74, 6) is 0.327. The molecule has 17 heteroatoms. The Kier molecular flexibility index (Phi) is 13.7. The lowest BCUT2D eigenvalue weighted by molar-refractivity contribution is -0.381. The fraction of sp³-hybridized carbons (Fsp3) is 0.938. The Morgan fingerprint density at radius 3 is 2.05 bits per heavy atom. The predicted molar refractivity (Wildman–Crippen MR) is 229 cm³/mol. The summed E-state index contributed by atoms with van der Waals surface area (Å²) in [7, 11) is 1.52. The number of methoxy groups -OCH3 is 1. The van der Waals surface area contributed by atoms with Crippen molar-refractivity contribution in [3.05, 3.63) is 11.6 Å². The van der Waals surface area contributed by atoms with Crippen molar-refractivity contribution in [1.82, 2.24) is 0 Å². The second-order valence-corrected chi connectivity index (χ2v) is 23.0. The van der Waals surface area contributed by atoms with Crippen molar-refractivity contribution in [2.75, 3.05) is 26.9 Å². The maximum absolute atomic E-state index is 13.7. The van der Waals surface area contributed by atoms with Gasteiger partial charge in [0.05, 0.1) is 44.6 Å². The number of allylic oxidation sites excluding steroid dienone is 2. The summed E-state index contributed by atoms with van der Waals surface area (Å²) in [6.45, 7) is 14.3. The molecule has 65 heavy (non-hydrogen) atoms. The summed E-state index contributed by atoms with van der Waals surface area (Å²) in [5.41, 5.74) is -0.196. The topological polar surface area (TPSA) is 264 Å². The van der Waals surface area contributed by atoms with Crippen LogP contribution in [0.15, 0.2) is 11.6 Å². The van der Waals surface area contributed by atoms with Gasteiger partial charge in [0, 0.05) is 5.41 Å². The monoisotopic (exact) mass is 927 g/mol. The first kappa shape index (κ1) is 50.0. The molecule has 4 unspecified atom stereocenters. The van der Waals surface area contributed by atoms with Crippen LogP contribution in [0.3, 0.4) is 0 Å². The zero-order valence-electron chi connectivity index (χ0n) is 39.5. The molecule has 0 aromatic heterocycles. The van der Waals surface area contributed by atoms with E-state index in [1.807, 2.05) is 0 Å². The molecule has 0 amide bonds. The minimum atomic E-state index is -1.77. The van der Waals surface area contributed by atoms with Crippen LogP contribution < -0.4 is 0 Å². The molecule has 372 valence electrons. The van der Waals surface area contributed by atoms with Gasteiger partial charge in [-0.05, 0) is 111 Å². The average Bonchev–Trinajstić information content (AvgIpc) is 3.27. The lowest BCUT2D eigenvalue weighted by Gasteiger charge is -2.71. The first-order valence-corrected chi connectivity index (χ1v) is 24.1. The molecule has 0 aromatic rings. The van der Waals surface area contributed by atoms with Crippen molar-refractivity contribution < 1.29 is 83.9 Å². The van der Waals surface area contributed by atoms with E-state index < -0.39 is 110 Å². The van der Waals surface area contributed by atoms with E-state index in [1.165, 1.54) is 19.6 Å². The first-order valence-electron chi connectivity index (χ1n) is 24.1. The van der Waals surface area contributed by atoms with Crippen LogP contribution >= 0.6 is 0 Å². The highest BCUT2D eigenvalue weighted by Gasteiger charge is 2.70. The van der Waals surface area contributed by atoms with Gasteiger partial charge in [-0.1, -0.05) is 53.2 Å². The minimum Gasteiger partial charge on any atom is -0.469 e. The number of carbonyl (C=O) groups is 1. The molecular weight excluding hydrogens is 849 g/mol. The second-order valence-electron chi connectivity index (χ2n) is 23.0. The molecule has 17 nitrogen and oxygen atoms in total. The third-order valence-electron chi connectivity index (χ3n) is 19.3. The van der Waals surface area contributed by atoms with Gasteiger partial charge in [-0.25, -0.2) is 0 Å². The highest BCUT2D eigenvalue weighted by Crippen LogP contribution is 2.76. The smallest absolute Gasteiger partial charge is 0.312 e. The van der Waals surface area contributed by atoms with Crippen molar-refractivity contribution >= 4 is 5.97 Å². The highest BCUT2D eigenvalue weighted by molar-refractivity contribution is 5.78. The van der Waals surface area contributed by atoms with Gasteiger partial charge in [0.2, 0.25) is 0 Å². The Hall–Kier alpha value is -1.39. The number of ether oxygens (including phenoxy) is 7. The number of carbonyl (C=O) groups excluding carboxylic acids is 1. The van der Waals surface area contributed by atoms with Crippen molar-refractivity contribution in [3.63, 3.8) is 0 Å². The van der Waals surface area contributed by atoms with E-state index in [1.54, 1.807) is 0 Å². The number of fused-ring (bicyclic) bond motifs is 7. The van der Waals surface area contributed by atoms with E-state index in [-0.39, 0.29) is 58.6 Å². The largest absolute Gasteiger partial charge is 0.469 e. The average molecular weight is 927 g/mol. The lowest BCUT2D eigenvalue weighted by atomic mass is 9.33. The number of hydrogen-bond donors (Lipinski definition) is 9. The van der Waals surface area contributed by atoms with Crippen LogP contribution in [0.2, 0.25) is 0 Å². The molecule has 8 aliphatic rings. The van der Waals surface area contributed by atoms with E-state index in [9.17, 15) is 50.8 Å². The van der Waals surface area contributed by atoms with E-state index >= 15 is 0 Å². The van der Waals surface area contributed by atoms with E-state index in [4.69, 9.17) is 33.2 Å². The molecule has 0 spiro atoms. The van der Waals surface area contributed by atoms with Crippen LogP contribution in [-0.4, -0.2) is 171 Å². The number of hydrogen-bond acceptors (Lipinski definition) is 17. The van der Waals surface area contributed by atoms with Crippen molar-refractivity contribution in [3.8, 4) is 0 Å².